The van der Waals surface area contributed by atoms with Crippen molar-refractivity contribution in [3.05, 3.63) is 34.9 Å². The average molecular weight is 409 g/mol. The van der Waals surface area contributed by atoms with Crippen molar-refractivity contribution < 1.29 is 4.79 Å². The maximum absolute atomic E-state index is 12.0. The van der Waals surface area contributed by atoms with Crippen LogP contribution < -0.4 is 5.73 Å². The first-order chi connectivity index (χ1) is 9.10. The Morgan fingerprint density at radius 3 is 2.55 bits per heavy atom. The zero-order valence-electron chi connectivity index (χ0n) is 11.3. The molecule has 0 spiro atoms. The van der Waals surface area contributed by atoms with Gasteiger partial charge in [-0.1, -0.05) is 23.7 Å². The highest BCUT2D eigenvalue weighted by Gasteiger charge is 2.24. The number of carbonyl (C=O) groups excluding carboxylic acids is 1. The molecule has 0 aromatic heterocycles. The lowest BCUT2D eigenvalue weighted by atomic mass is 10.2. The number of guanidine groups is 1. The predicted octanol–water partition coefficient (Wildman–Crippen LogP) is 1.55. The number of benzene rings is 1. The van der Waals surface area contributed by atoms with Crippen LogP contribution in [0.15, 0.2) is 29.3 Å². The van der Waals surface area contributed by atoms with Crippen LogP contribution in [0.25, 0.3) is 0 Å². The van der Waals surface area contributed by atoms with Gasteiger partial charge in [0.15, 0.2) is 5.96 Å². The quantitative estimate of drug-likeness (QED) is 0.459. The van der Waals surface area contributed by atoms with Crippen LogP contribution >= 0.6 is 35.6 Å². The summed E-state index contributed by atoms with van der Waals surface area (Å²) in [5.74, 6) is 0.479. The molecule has 20 heavy (non-hydrogen) atoms. The fraction of sp³-hybridized carbons (Fsp3) is 0.385. The third-order valence-electron chi connectivity index (χ3n) is 3.16. The van der Waals surface area contributed by atoms with Gasteiger partial charge >= 0.3 is 0 Å². The van der Waals surface area contributed by atoms with Crippen LogP contribution in [0.1, 0.15) is 5.56 Å². The van der Waals surface area contributed by atoms with E-state index in [9.17, 15) is 4.79 Å². The molecule has 2 rings (SSSR count). The number of hydrogen-bond donors (Lipinski definition) is 1. The lowest BCUT2D eigenvalue weighted by molar-refractivity contribution is -0.135. The Morgan fingerprint density at radius 2 is 2.00 bits per heavy atom. The molecule has 0 radical (unpaired) electrons. The molecule has 1 amide bonds. The monoisotopic (exact) mass is 408 g/mol. The summed E-state index contributed by atoms with van der Waals surface area (Å²) < 4.78 is 0. The summed E-state index contributed by atoms with van der Waals surface area (Å²) >= 11 is 5.84. The molecule has 0 aliphatic carbocycles. The second kappa shape index (κ2) is 7.68. The van der Waals surface area contributed by atoms with Crippen LogP contribution in [0.3, 0.4) is 0 Å². The molecule has 1 saturated heterocycles. The molecule has 0 unspecified atom stereocenters. The first kappa shape index (κ1) is 17.0. The van der Waals surface area contributed by atoms with Gasteiger partial charge in [0.25, 0.3) is 0 Å². The van der Waals surface area contributed by atoms with Crippen molar-refractivity contribution in [3.8, 4) is 0 Å². The molecular formula is C13H18ClIN4O. The minimum absolute atomic E-state index is 0. The van der Waals surface area contributed by atoms with Gasteiger partial charge in [0.05, 0.1) is 6.54 Å². The van der Waals surface area contributed by atoms with Crippen molar-refractivity contribution in [3.63, 3.8) is 0 Å². The summed E-state index contributed by atoms with van der Waals surface area (Å²) in [5, 5.41) is 0.701. The molecule has 1 heterocycles. The van der Waals surface area contributed by atoms with Gasteiger partial charge in [-0.05, 0) is 17.7 Å². The highest BCUT2D eigenvalue weighted by atomic mass is 127. The second-order valence-corrected chi connectivity index (χ2v) is 4.88. The minimum Gasteiger partial charge on any atom is -0.370 e. The van der Waals surface area contributed by atoms with E-state index in [0.29, 0.717) is 30.6 Å². The third-order valence-corrected chi connectivity index (χ3v) is 3.41. The van der Waals surface area contributed by atoms with Crippen molar-refractivity contribution in [1.29, 1.82) is 0 Å². The first-order valence-corrected chi connectivity index (χ1v) is 6.47. The van der Waals surface area contributed by atoms with Gasteiger partial charge in [0, 0.05) is 31.7 Å². The van der Waals surface area contributed by atoms with Crippen molar-refractivity contribution in [2.24, 2.45) is 10.7 Å². The van der Waals surface area contributed by atoms with Crippen LogP contribution in [-0.4, -0.2) is 48.3 Å². The predicted molar refractivity (Wildman–Crippen MR) is 91.4 cm³/mol. The summed E-state index contributed by atoms with van der Waals surface area (Å²) in [6, 6.07) is 7.53. The maximum Gasteiger partial charge on any atom is 0.242 e. The lowest BCUT2D eigenvalue weighted by Gasteiger charge is -2.34. The number of nitrogens with zero attached hydrogens (tertiary/aromatic N) is 3. The van der Waals surface area contributed by atoms with Gasteiger partial charge < -0.3 is 15.5 Å². The van der Waals surface area contributed by atoms with Crippen molar-refractivity contribution in [2.75, 3.05) is 26.7 Å². The van der Waals surface area contributed by atoms with Crippen LogP contribution in [0, 0.1) is 0 Å². The molecule has 2 N–H and O–H groups in total. The summed E-state index contributed by atoms with van der Waals surface area (Å²) in [6.07, 6.45) is 0. The Hall–Kier alpha value is -1.02. The number of nitrogens with two attached hydrogens (primary N) is 1. The standard InChI is InChI=1S/C13H17ClN4O.HI/c1-16-13(15)18-7-6-17(12(19)9-18)8-10-2-4-11(14)5-3-10;/h2-5H,6-9H2,1H3,(H2,15,16);1H. The lowest BCUT2D eigenvalue weighted by Crippen LogP contribution is -2.53. The van der Waals surface area contributed by atoms with E-state index in [-0.39, 0.29) is 36.4 Å². The molecule has 0 saturated carbocycles. The van der Waals surface area contributed by atoms with Crippen LogP contribution in [-0.2, 0) is 11.3 Å². The first-order valence-electron chi connectivity index (χ1n) is 6.09. The largest absolute Gasteiger partial charge is 0.370 e. The Bertz CT molecular complexity index is 492. The van der Waals surface area contributed by atoms with E-state index in [0.717, 1.165) is 5.56 Å². The zero-order chi connectivity index (χ0) is 13.8. The van der Waals surface area contributed by atoms with Gasteiger partial charge in [-0.25, -0.2) is 0 Å². The maximum atomic E-state index is 12.0. The molecule has 1 aromatic carbocycles. The van der Waals surface area contributed by atoms with E-state index >= 15 is 0 Å². The smallest absolute Gasteiger partial charge is 0.242 e. The van der Waals surface area contributed by atoms with E-state index in [1.807, 2.05) is 29.2 Å². The SMILES string of the molecule is CN=C(N)N1CCN(Cc2ccc(Cl)cc2)C(=O)C1.I. The summed E-state index contributed by atoms with van der Waals surface area (Å²) in [7, 11) is 1.62. The normalized spacial score (nSPS) is 16.1. The van der Waals surface area contributed by atoms with Crippen LogP contribution in [0.4, 0.5) is 0 Å². The van der Waals surface area contributed by atoms with E-state index in [2.05, 4.69) is 4.99 Å². The number of aliphatic imine (C=N–C) groups is 1. The topological polar surface area (TPSA) is 61.9 Å². The summed E-state index contributed by atoms with van der Waals surface area (Å²) in [6.45, 7) is 2.25. The number of halogens is 2. The number of rotatable bonds is 2. The Balaban J connectivity index is 0.00000200. The van der Waals surface area contributed by atoms with Gasteiger partial charge in [0.1, 0.15) is 0 Å². The van der Waals surface area contributed by atoms with Crippen LogP contribution in [0.5, 0.6) is 0 Å². The van der Waals surface area contributed by atoms with E-state index in [4.69, 9.17) is 17.3 Å². The second-order valence-electron chi connectivity index (χ2n) is 4.45. The Morgan fingerprint density at radius 1 is 1.35 bits per heavy atom. The molecular weight excluding hydrogens is 391 g/mol. The van der Waals surface area contributed by atoms with Gasteiger partial charge in [-0.2, -0.15) is 0 Å². The fourth-order valence-corrected chi connectivity index (χ4v) is 2.15. The average Bonchev–Trinajstić information content (AvgIpc) is 2.42. The molecule has 5 nitrogen and oxygen atoms in total. The highest BCUT2D eigenvalue weighted by Crippen LogP contribution is 2.13. The summed E-state index contributed by atoms with van der Waals surface area (Å²) in [4.78, 5) is 19.6. The van der Waals surface area contributed by atoms with E-state index in [1.165, 1.54) is 0 Å². The van der Waals surface area contributed by atoms with Gasteiger partial charge in [0.2, 0.25) is 5.91 Å². The highest BCUT2D eigenvalue weighted by molar-refractivity contribution is 14.0. The zero-order valence-corrected chi connectivity index (χ0v) is 14.3. The number of hydrogen-bond acceptors (Lipinski definition) is 2. The van der Waals surface area contributed by atoms with Gasteiger partial charge in [-0.3, -0.25) is 9.79 Å². The molecule has 110 valence electrons. The molecule has 1 aliphatic heterocycles. The van der Waals surface area contributed by atoms with E-state index < -0.39 is 0 Å². The van der Waals surface area contributed by atoms with Gasteiger partial charge in [-0.15, -0.1) is 24.0 Å². The minimum atomic E-state index is 0. The van der Waals surface area contributed by atoms with Crippen LogP contribution in [0.2, 0.25) is 5.02 Å². The number of amides is 1. The molecule has 0 bridgehead atoms. The number of piperazine rings is 1. The van der Waals surface area contributed by atoms with Crippen molar-refractivity contribution >= 4 is 47.4 Å². The molecule has 1 aliphatic rings. The fourth-order valence-electron chi connectivity index (χ4n) is 2.02. The molecule has 0 atom stereocenters. The molecule has 1 aromatic rings. The Kier molecular flexibility index (Phi) is 6.54. The van der Waals surface area contributed by atoms with Crippen molar-refractivity contribution in [2.45, 2.75) is 6.54 Å². The van der Waals surface area contributed by atoms with Crippen molar-refractivity contribution in [1.82, 2.24) is 9.80 Å². The molecule has 1 fully saturated rings. The van der Waals surface area contributed by atoms with E-state index in [1.54, 1.807) is 11.9 Å². The Labute approximate surface area is 140 Å². The summed E-state index contributed by atoms with van der Waals surface area (Å²) in [5.41, 5.74) is 6.79. The number of carbonyl (C=O) groups is 1. The third kappa shape index (κ3) is 4.24. The molecule has 7 heteroatoms.